The summed E-state index contributed by atoms with van der Waals surface area (Å²) in [5, 5.41) is 0. The molecule has 0 amide bonds. The van der Waals surface area contributed by atoms with E-state index in [1.165, 1.54) is 57.1 Å². The average Bonchev–Trinajstić information content (AvgIpc) is 2.99. The standard InChI is InChI=1S/C20H31NO/c1-21-14-5-8-20(21)19-11-9-17(10-12-19)13-15-22-16-18-6-3-2-4-7-18/h2-4,6-7,17,19-20H,5,8-16H2,1H3/t17?,19?,20-/m1/s1. The lowest BCUT2D eigenvalue weighted by molar-refractivity contribution is 0.0911. The first-order valence-corrected chi connectivity index (χ1v) is 9.15. The van der Waals surface area contributed by atoms with Crippen molar-refractivity contribution in [3.8, 4) is 0 Å². The van der Waals surface area contributed by atoms with E-state index >= 15 is 0 Å². The molecule has 22 heavy (non-hydrogen) atoms. The number of likely N-dealkylation sites (tertiary alicyclic amines) is 1. The van der Waals surface area contributed by atoms with Crippen molar-refractivity contribution in [1.29, 1.82) is 0 Å². The van der Waals surface area contributed by atoms with E-state index in [-0.39, 0.29) is 0 Å². The Morgan fingerprint density at radius 1 is 1.05 bits per heavy atom. The molecule has 0 spiro atoms. The fraction of sp³-hybridized carbons (Fsp3) is 0.700. The molecule has 1 aliphatic carbocycles. The molecule has 1 aromatic rings. The van der Waals surface area contributed by atoms with Crippen molar-refractivity contribution in [3.05, 3.63) is 35.9 Å². The van der Waals surface area contributed by atoms with Gasteiger partial charge in [0.2, 0.25) is 0 Å². The molecule has 122 valence electrons. The third-order valence-electron chi connectivity index (χ3n) is 5.79. The Hall–Kier alpha value is -0.860. The topological polar surface area (TPSA) is 12.5 Å². The van der Waals surface area contributed by atoms with Crippen LogP contribution in [0.4, 0.5) is 0 Å². The van der Waals surface area contributed by atoms with Gasteiger partial charge < -0.3 is 9.64 Å². The van der Waals surface area contributed by atoms with Crippen molar-refractivity contribution >= 4 is 0 Å². The zero-order valence-corrected chi connectivity index (χ0v) is 14.0. The fourth-order valence-electron chi connectivity index (χ4n) is 4.41. The third-order valence-corrected chi connectivity index (χ3v) is 5.79. The maximum absolute atomic E-state index is 5.86. The Kier molecular flexibility index (Phi) is 5.91. The summed E-state index contributed by atoms with van der Waals surface area (Å²) in [5.41, 5.74) is 1.29. The van der Waals surface area contributed by atoms with Gasteiger partial charge in [-0.15, -0.1) is 0 Å². The summed E-state index contributed by atoms with van der Waals surface area (Å²) in [6.07, 6.45) is 9.82. The summed E-state index contributed by atoms with van der Waals surface area (Å²) in [5.74, 6) is 1.87. The summed E-state index contributed by atoms with van der Waals surface area (Å²) in [6.45, 7) is 3.01. The van der Waals surface area contributed by atoms with Crippen LogP contribution in [0.3, 0.4) is 0 Å². The van der Waals surface area contributed by atoms with Crippen LogP contribution < -0.4 is 0 Å². The minimum Gasteiger partial charge on any atom is -0.377 e. The molecule has 1 aliphatic heterocycles. The summed E-state index contributed by atoms with van der Waals surface area (Å²) in [7, 11) is 2.32. The molecule has 1 saturated heterocycles. The number of hydrogen-bond donors (Lipinski definition) is 0. The van der Waals surface area contributed by atoms with Crippen molar-refractivity contribution in [1.82, 2.24) is 4.90 Å². The second-order valence-corrected chi connectivity index (χ2v) is 7.30. The molecule has 0 aromatic heterocycles. The van der Waals surface area contributed by atoms with Gasteiger partial charge in [-0.25, -0.2) is 0 Å². The average molecular weight is 301 g/mol. The molecule has 3 rings (SSSR count). The second kappa shape index (κ2) is 8.12. The maximum Gasteiger partial charge on any atom is 0.0716 e. The van der Waals surface area contributed by atoms with Gasteiger partial charge in [0.05, 0.1) is 6.61 Å². The van der Waals surface area contributed by atoms with Gasteiger partial charge in [0.15, 0.2) is 0 Å². The van der Waals surface area contributed by atoms with E-state index in [2.05, 4.69) is 42.3 Å². The highest BCUT2D eigenvalue weighted by atomic mass is 16.5. The molecule has 1 atom stereocenters. The van der Waals surface area contributed by atoms with Crippen LogP contribution >= 0.6 is 0 Å². The number of benzene rings is 1. The summed E-state index contributed by atoms with van der Waals surface area (Å²) < 4.78 is 5.86. The van der Waals surface area contributed by atoms with Crippen LogP contribution in [0.5, 0.6) is 0 Å². The molecule has 2 aliphatic rings. The SMILES string of the molecule is CN1CCC[C@@H]1C1CCC(CCOCc2ccccc2)CC1. The largest absolute Gasteiger partial charge is 0.377 e. The van der Waals surface area contributed by atoms with E-state index in [1.54, 1.807) is 0 Å². The van der Waals surface area contributed by atoms with Gasteiger partial charge in [-0.1, -0.05) is 43.2 Å². The Morgan fingerprint density at radius 3 is 2.50 bits per heavy atom. The lowest BCUT2D eigenvalue weighted by Crippen LogP contribution is -2.34. The van der Waals surface area contributed by atoms with E-state index < -0.39 is 0 Å². The predicted octanol–water partition coefficient (Wildman–Crippen LogP) is 4.49. The lowest BCUT2D eigenvalue weighted by Gasteiger charge is -2.35. The minimum atomic E-state index is 0.767. The molecule has 1 heterocycles. The van der Waals surface area contributed by atoms with Crippen LogP contribution in [0.2, 0.25) is 0 Å². The van der Waals surface area contributed by atoms with Crippen LogP contribution in [-0.2, 0) is 11.3 Å². The summed E-state index contributed by atoms with van der Waals surface area (Å²) in [6, 6.07) is 11.4. The molecule has 1 aromatic carbocycles. The molecular weight excluding hydrogens is 270 g/mol. The Morgan fingerprint density at radius 2 is 1.82 bits per heavy atom. The Labute approximate surface area is 135 Å². The van der Waals surface area contributed by atoms with Gasteiger partial charge >= 0.3 is 0 Å². The first kappa shape index (κ1) is 16.0. The minimum absolute atomic E-state index is 0.767. The van der Waals surface area contributed by atoms with Crippen molar-refractivity contribution in [3.63, 3.8) is 0 Å². The van der Waals surface area contributed by atoms with Gasteiger partial charge in [0, 0.05) is 12.6 Å². The molecular formula is C20H31NO. The van der Waals surface area contributed by atoms with Gasteiger partial charge in [-0.05, 0) is 63.1 Å². The lowest BCUT2D eigenvalue weighted by atomic mass is 9.77. The third kappa shape index (κ3) is 4.33. The number of nitrogens with zero attached hydrogens (tertiary/aromatic N) is 1. The smallest absolute Gasteiger partial charge is 0.0716 e. The number of rotatable bonds is 6. The zero-order valence-electron chi connectivity index (χ0n) is 14.0. The van der Waals surface area contributed by atoms with Crippen LogP contribution in [-0.4, -0.2) is 31.1 Å². The first-order chi connectivity index (χ1) is 10.8. The molecule has 1 saturated carbocycles. The normalized spacial score (nSPS) is 29.8. The second-order valence-electron chi connectivity index (χ2n) is 7.30. The van der Waals surface area contributed by atoms with Gasteiger partial charge in [0.1, 0.15) is 0 Å². The fourth-order valence-corrected chi connectivity index (χ4v) is 4.41. The number of ether oxygens (including phenoxy) is 1. The molecule has 0 N–H and O–H groups in total. The quantitative estimate of drug-likeness (QED) is 0.718. The van der Waals surface area contributed by atoms with E-state index in [0.29, 0.717) is 0 Å². The van der Waals surface area contributed by atoms with E-state index in [4.69, 9.17) is 4.74 Å². The van der Waals surface area contributed by atoms with Gasteiger partial charge in [-0.2, -0.15) is 0 Å². The van der Waals surface area contributed by atoms with Crippen molar-refractivity contribution < 1.29 is 4.74 Å². The highest BCUT2D eigenvalue weighted by Crippen LogP contribution is 2.37. The predicted molar refractivity (Wildman–Crippen MR) is 91.8 cm³/mol. The van der Waals surface area contributed by atoms with Crippen molar-refractivity contribution in [2.45, 2.75) is 57.6 Å². The molecule has 0 unspecified atom stereocenters. The highest BCUT2D eigenvalue weighted by molar-refractivity contribution is 5.13. The Bertz CT molecular complexity index is 425. The molecule has 0 radical (unpaired) electrons. The van der Waals surface area contributed by atoms with Crippen LogP contribution in [0.1, 0.15) is 50.5 Å². The van der Waals surface area contributed by atoms with Crippen molar-refractivity contribution in [2.75, 3.05) is 20.2 Å². The van der Waals surface area contributed by atoms with Crippen molar-refractivity contribution in [2.24, 2.45) is 11.8 Å². The molecule has 0 bridgehead atoms. The van der Waals surface area contributed by atoms with Crippen LogP contribution in [0.25, 0.3) is 0 Å². The first-order valence-electron chi connectivity index (χ1n) is 9.15. The Balaban J connectivity index is 1.31. The van der Waals surface area contributed by atoms with Crippen LogP contribution in [0, 0.1) is 11.8 Å². The van der Waals surface area contributed by atoms with Crippen LogP contribution in [0.15, 0.2) is 30.3 Å². The number of hydrogen-bond acceptors (Lipinski definition) is 2. The van der Waals surface area contributed by atoms with E-state index in [9.17, 15) is 0 Å². The molecule has 2 heteroatoms. The molecule has 2 nitrogen and oxygen atoms in total. The highest BCUT2D eigenvalue weighted by Gasteiger charge is 2.32. The molecule has 2 fully saturated rings. The monoisotopic (exact) mass is 301 g/mol. The van der Waals surface area contributed by atoms with E-state index in [0.717, 1.165) is 31.1 Å². The van der Waals surface area contributed by atoms with Gasteiger partial charge in [0.25, 0.3) is 0 Å². The van der Waals surface area contributed by atoms with E-state index in [1.807, 2.05) is 0 Å². The maximum atomic E-state index is 5.86. The van der Waals surface area contributed by atoms with Gasteiger partial charge in [-0.3, -0.25) is 0 Å². The summed E-state index contributed by atoms with van der Waals surface area (Å²) in [4.78, 5) is 2.61. The zero-order chi connectivity index (χ0) is 15.2. The summed E-state index contributed by atoms with van der Waals surface area (Å²) >= 11 is 0.